The van der Waals surface area contributed by atoms with Crippen molar-refractivity contribution in [3.8, 4) is 0 Å². The second kappa shape index (κ2) is 6.12. The van der Waals surface area contributed by atoms with Crippen molar-refractivity contribution >= 4 is 17.5 Å². The summed E-state index contributed by atoms with van der Waals surface area (Å²) < 4.78 is 1.85. The number of rotatable bonds is 6. The van der Waals surface area contributed by atoms with Gasteiger partial charge < -0.3 is 0 Å². The minimum atomic E-state index is -0.168. The molecule has 1 aromatic heterocycles. The van der Waals surface area contributed by atoms with Crippen LogP contribution in [-0.2, 0) is 11.2 Å². The topological polar surface area (TPSA) is 34.9 Å². The smallest absolute Gasteiger partial charge is 0.154 e. The van der Waals surface area contributed by atoms with Gasteiger partial charge in [0.05, 0.1) is 22.9 Å². The first-order valence-electron chi connectivity index (χ1n) is 7.30. The van der Waals surface area contributed by atoms with Gasteiger partial charge in [0.2, 0.25) is 0 Å². The molecule has 0 N–H and O–H groups in total. The summed E-state index contributed by atoms with van der Waals surface area (Å²) in [6, 6.07) is 2.46. The normalized spacial score (nSPS) is 23.2. The Morgan fingerprint density at radius 2 is 2.26 bits per heavy atom. The van der Waals surface area contributed by atoms with Crippen LogP contribution in [-0.4, -0.2) is 26.1 Å². The summed E-state index contributed by atoms with van der Waals surface area (Å²) in [5.41, 5.74) is 0.922. The second-order valence-corrected chi connectivity index (χ2v) is 7.14. The lowest BCUT2D eigenvalue weighted by Crippen LogP contribution is -2.30. The Morgan fingerprint density at radius 3 is 2.84 bits per heavy atom. The summed E-state index contributed by atoms with van der Waals surface area (Å²) in [6.07, 6.45) is 6.85. The fourth-order valence-electron chi connectivity index (χ4n) is 2.69. The van der Waals surface area contributed by atoms with Crippen molar-refractivity contribution in [3.05, 3.63) is 18.0 Å². The van der Waals surface area contributed by atoms with Crippen LogP contribution >= 0.6 is 11.8 Å². The number of Topliss-reactive ketones (excluding diaryl/α,β-unsaturated/α-hetero) is 1. The molecule has 2 rings (SSSR count). The standard InChI is InChI=1S/C15H24N2OS/c1-4-13(5-2)17-9-7-12(16-17)11-14(18)15(3)8-6-10-19-15/h7,9,13H,4-6,8,10-11H2,1-3H3. The van der Waals surface area contributed by atoms with Crippen LogP contribution in [0.3, 0.4) is 0 Å². The fraction of sp³-hybridized carbons (Fsp3) is 0.733. The molecule has 0 aliphatic carbocycles. The highest BCUT2D eigenvalue weighted by molar-refractivity contribution is 8.01. The number of aromatic nitrogens is 2. The monoisotopic (exact) mass is 280 g/mol. The molecule has 0 amide bonds. The highest BCUT2D eigenvalue weighted by Crippen LogP contribution is 2.39. The average Bonchev–Trinajstić information content (AvgIpc) is 3.02. The molecule has 4 heteroatoms. The van der Waals surface area contributed by atoms with E-state index in [1.54, 1.807) is 0 Å². The minimum absolute atomic E-state index is 0.168. The molecule has 0 aromatic carbocycles. The molecule has 1 atom stereocenters. The van der Waals surface area contributed by atoms with Gasteiger partial charge in [0.1, 0.15) is 0 Å². The van der Waals surface area contributed by atoms with Gasteiger partial charge >= 0.3 is 0 Å². The number of carbonyl (C=O) groups is 1. The first-order chi connectivity index (χ1) is 9.09. The fourth-order valence-corrected chi connectivity index (χ4v) is 3.95. The molecule has 19 heavy (non-hydrogen) atoms. The zero-order valence-electron chi connectivity index (χ0n) is 12.2. The van der Waals surface area contributed by atoms with Crippen molar-refractivity contribution in [1.29, 1.82) is 0 Å². The van der Waals surface area contributed by atoms with E-state index in [2.05, 4.69) is 25.9 Å². The van der Waals surface area contributed by atoms with Crippen molar-refractivity contribution in [2.75, 3.05) is 5.75 Å². The van der Waals surface area contributed by atoms with E-state index in [0.717, 1.165) is 37.1 Å². The maximum atomic E-state index is 12.4. The van der Waals surface area contributed by atoms with Crippen molar-refractivity contribution in [3.63, 3.8) is 0 Å². The van der Waals surface area contributed by atoms with Gasteiger partial charge in [-0.05, 0) is 44.4 Å². The van der Waals surface area contributed by atoms with E-state index in [1.165, 1.54) is 0 Å². The van der Waals surface area contributed by atoms with Gasteiger partial charge in [0, 0.05) is 6.20 Å². The van der Waals surface area contributed by atoms with Crippen LogP contribution in [0.1, 0.15) is 58.2 Å². The quantitative estimate of drug-likeness (QED) is 0.798. The molecule has 1 fully saturated rings. The number of nitrogens with zero attached hydrogens (tertiary/aromatic N) is 2. The lowest BCUT2D eigenvalue weighted by molar-refractivity contribution is -0.120. The lowest BCUT2D eigenvalue weighted by atomic mass is 9.97. The van der Waals surface area contributed by atoms with Gasteiger partial charge in [-0.1, -0.05) is 13.8 Å². The van der Waals surface area contributed by atoms with Crippen molar-refractivity contribution in [2.24, 2.45) is 0 Å². The number of hydrogen-bond acceptors (Lipinski definition) is 3. The van der Waals surface area contributed by atoms with Crippen LogP contribution in [0, 0.1) is 0 Å². The molecule has 1 aliphatic heterocycles. The zero-order chi connectivity index (χ0) is 13.9. The van der Waals surface area contributed by atoms with E-state index in [-0.39, 0.29) is 4.75 Å². The SMILES string of the molecule is CCC(CC)n1ccc(CC(=O)C2(C)CCCS2)n1. The van der Waals surface area contributed by atoms with Gasteiger partial charge in [-0.2, -0.15) is 5.10 Å². The maximum absolute atomic E-state index is 12.4. The first kappa shape index (κ1) is 14.6. The summed E-state index contributed by atoms with van der Waals surface area (Å²) in [6.45, 7) is 6.44. The predicted octanol–water partition coefficient (Wildman–Crippen LogP) is 3.64. The molecule has 1 saturated heterocycles. The molecule has 3 nitrogen and oxygen atoms in total. The largest absolute Gasteiger partial charge is 0.298 e. The zero-order valence-corrected chi connectivity index (χ0v) is 13.0. The molecular weight excluding hydrogens is 256 g/mol. The van der Waals surface area contributed by atoms with Crippen LogP contribution in [0.5, 0.6) is 0 Å². The summed E-state index contributed by atoms with van der Waals surface area (Å²) in [5, 5.41) is 4.58. The number of thioether (sulfide) groups is 1. The molecule has 1 aromatic rings. The van der Waals surface area contributed by atoms with E-state index >= 15 is 0 Å². The third-order valence-corrected chi connectivity index (χ3v) is 5.69. The lowest BCUT2D eigenvalue weighted by Gasteiger charge is -2.20. The third kappa shape index (κ3) is 3.22. The number of carbonyl (C=O) groups excluding carboxylic acids is 1. The Labute approximate surface area is 120 Å². The summed E-state index contributed by atoms with van der Waals surface area (Å²) in [7, 11) is 0. The van der Waals surface area contributed by atoms with E-state index < -0.39 is 0 Å². The highest BCUT2D eigenvalue weighted by Gasteiger charge is 2.36. The van der Waals surface area contributed by atoms with E-state index in [9.17, 15) is 4.79 Å². The Kier molecular flexibility index (Phi) is 4.71. The molecule has 2 heterocycles. The number of hydrogen-bond donors (Lipinski definition) is 0. The summed E-state index contributed by atoms with van der Waals surface area (Å²) in [4.78, 5) is 12.4. The summed E-state index contributed by atoms with van der Waals surface area (Å²) in [5.74, 6) is 1.45. The van der Waals surface area contributed by atoms with Gasteiger partial charge in [0.25, 0.3) is 0 Å². The summed E-state index contributed by atoms with van der Waals surface area (Å²) >= 11 is 1.81. The van der Waals surface area contributed by atoms with Crippen LogP contribution < -0.4 is 0 Å². The van der Waals surface area contributed by atoms with Crippen molar-refractivity contribution in [1.82, 2.24) is 9.78 Å². The molecule has 0 spiro atoms. The molecular formula is C15H24N2OS. The van der Waals surface area contributed by atoms with Crippen LogP contribution in [0.4, 0.5) is 0 Å². The van der Waals surface area contributed by atoms with Gasteiger partial charge in [-0.15, -0.1) is 11.8 Å². The first-order valence-corrected chi connectivity index (χ1v) is 8.29. The molecule has 0 saturated carbocycles. The second-order valence-electron chi connectivity index (χ2n) is 5.54. The predicted molar refractivity (Wildman–Crippen MR) is 80.7 cm³/mol. The van der Waals surface area contributed by atoms with Gasteiger partial charge in [-0.3, -0.25) is 9.48 Å². The van der Waals surface area contributed by atoms with Crippen molar-refractivity contribution in [2.45, 2.75) is 63.7 Å². The van der Waals surface area contributed by atoms with Crippen LogP contribution in [0.2, 0.25) is 0 Å². The highest BCUT2D eigenvalue weighted by atomic mass is 32.2. The molecule has 0 radical (unpaired) electrons. The van der Waals surface area contributed by atoms with E-state index in [4.69, 9.17) is 0 Å². The van der Waals surface area contributed by atoms with E-state index in [0.29, 0.717) is 18.2 Å². The van der Waals surface area contributed by atoms with E-state index in [1.807, 2.05) is 28.7 Å². The maximum Gasteiger partial charge on any atom is 0.154 e. The van der Waals surface area contributed by atoms with Gasteiger partial charge in [0.15, 0.2) is 5.78 Å². The van der Waals surface area contributed by atoms with Crippen LogP contribution in [0.15, 0.2) is 12.3 Å². The minimum Gasteiger partial charge on any atom is -0.298 e. The Balaban J connectivity index is 2.01. The molecule has 106 valence electrons. The Hall–Kier alpha value is -0.770. The molecule has 1 aliphatic rings. The van der Waals surface area contributed by atoms with Crippen molar-refractivity contribution < 1.29 is 4.79 Å². The number of ketones is 1. The molecule has 1 unspecified atom stereocenters. The Bertz CT molecular complexity index is 431. The Morgan fingerprint density at radius 1 is 1.53 bits per heavy atom. The van der Waals surface area contributed by atoms with Gasteiger partial charge in [-0.25, -0.2) is 0 Å². The average molecular weight is 280 g/mol. The third-order valence-electron chi connectivity index (χ3n) is 4.13. The molecule has 0 bridgehead atoms. The van der Waals surface area contributed by atoms with Crippen LogP contribution in [0.25, 0.3) is 0 Å².